The molecule has 0 heterocycles. The molecule has 0 saturated carbocycles. The molecule has 0 bridgehead atoms. The second-order valence-electron chi connectivity index (χ2n) is 14.8. The monoisotopic (exact) mass is 874 g/mol. The van der Waals surface area contributed by atoms with Crippen LogP contribution >= 0.6 is 0 Å². The average Bonchev–Trinajstić information content (AvgIpc) is 3.15. The van der Waals surface area contributed by atoms with Gasteiger partial charge in [-0.3, -0.25) is 43.3 Å². The minimum absolute atomic E-state index is 0.0213. The van der Waals surface area contributed by atoms with Crippen molar-refractivity contribution in [1.29, 1.82) is 0 Å². The van der Waals surface area contributed by atoms with E-state index in [0.29, 0.717) is 19.3 Å². The van der Waals surface area contributed by atoms with Crippen molar-refractivity contribution in [2.45, 2.75) is 140 Å². The molecule has 20 N–H and O–H groups in total. The Bertz CT molecular complexity index is 1510. The summed E-state index contributed by atoms with van der Waals surface area (Å²) in [5, 5.41) is 52.9. The van der Waals surface area contributed by atoms with Gasteiger partial charge in [0.05, 0.1) is 25.0 Å². The second kappa shape index (κ2) is 29.5. The van der Waals surface area contributed by atoms with E-state index < -0.39 is 115 Å². The van der Waals surface area contributed by atoms with Gasteiger partial charge in [-0.1, -0.05) is 13.8 Å². The van der Waals surface area contributed by atoms with Gasteiger partial charge in [0.25, 0.3) is 0 Å². The molecular weight excluding hydrogens is 808 g/mol. The van der Waals surface area contributed by atoms with Gasteiger partial charge in [0.2, 0.25) is 35.4 Å². The first kappa shape index (κ1) is 55.3. The molecule has 0 aliphatic carbocycles. The Balaban J connectivity index is 6.35. The molecule has 0 fully saturated rings. The number of aliphatic hydroxyl groups is 1. The summed E-state index contributed by atoms with van der Waals surface area (Å²) in [6.07, 6.45) is -1.93. The van der Waals surface area contributed by atoms with Crippen LogP contribution in [-0.4, -0.2) is 148 Å². The van der Waals surface area contributed by atoms with Crippen LogP contribution in [-0.2, 0) is 43.2 Å². The molecule has 0 saturated heterocycles. The van der Waals surface area contributed by atoms with E-state index in [1.54, 1.807) is 13.8 Å². The highest BCUT2D eigenvalue weighted by molar-refractivity contribution is 5.98. The third-order valence-corrected chi connectivity index (χ3v) is 8.87. The highest BCUT2D eigenvalue weighted by Crippen LogP contribution is 2.10. The number of hydrogen-bond acceptors (Lipinski definition) is 14. The fourth-order valence-electron chi connectivity index (χ4n) is 5.67. The summed E-state index contributed by atoms with van der Waals surface area (Å²) in [6, 6.07) is -10.7. The van der Waals surface area contributed by atoms with E-state index in [9.17, 15) is 58.5 Å². The summed E-state index contributed by atoms with van der Waals surface area (Å²) < 4.78 is 0. The number of unbranched alkanes of at least 4 members (excludes halogenated alkanes) is 2. The lowest BCUT2D eigenvalue weighted by Gasteiger charge is -2.28. The molecule has 25 nitrogen and oxygen atoms in total. The average molecular weight is 875 g/mol. The molecule has 0 aromatic carbocycles. The standard InChI is InChI=1S/C36H66N12O13/c1-18(2)15-24(33(58)48-28(19(3)49)34(59)45-23(35(60)61)11-8-14-42-36(40)41)46-32(57)25(17-27(52)53)47-31(56)22(10-5-7-13-38)44-30(55)21(9-4-6-12-37)43-29(54)20(39)16-26(50)51/h18-25,28,49H,4-17,37-39H2,1-3H3,(H,43,54)(H,44,55)(H,45,59)(H,46,57)(H,47,56)(H,48,58)(H,50,51)(H,52,53)(H,60,61)(H4,40,41,42)/t19-,20+,21+,22+,23+,24+,25+,28+/m1/s1. The van der Waals surface area contributed by atoms with E-state index in [-0.39, 0.29) is 70.0 Å². The van der Waals surface area contributed by atoms with E-state index in [4.69, 9.17) is 33.8 Å². The summed E-state index contributed by atoms with van der Waals surface area (Å²) in [4.78, 5) is 119. The molecule has 8 atom stereocenters. The summed E-state index contributed by atoms with van der Waals surface area (Å²) in [6.45, 7) is 5.05. The number of carbonyl (C=O) groups is 9. The molecule has 0 unspecified atom stereocenters. The van der Waals surface area contributed by atoms with E-state index >= 15 is 0 Å². The number of nitrogens with two attached hydrogens (primary N) is 5. The first-order chi connectivity index (χ1) is 28.5. The van der Waals surface area contributed by atoms with Gasteiger partial charge in [0.15, 0.2) is 5.96 Å². The zero-order valence-electron chi connectivity index (χ0n) is 34.9. The minimum atomic E-state index is -1.83. The van der Waals surface area contributed by atoms with Gasteiger partial charge in [-0.25, -0.2) is 4.79 Å². The quantitative estimate of drug-likeness (QED) is 0.0171. The van der Waals surface area contributed by atoms with Crippen molar-refractivity contribution < 1.29 is 63.6 Å². The summed E-state index contributed by atoms with van der Waals surface area (Å²) in [5.74, 6) is -10.9. The van der Waals surface area contributed by atoms with Crippen LogP contribution in [0.2, 0.25) is 0 Å². The lowest BCUT2D eigenvalue weighted by molar-refractivity contribution is -0.143. The largest absolute Gasteiger partial charge is 0.481 e. The van der Waals surface area contributed by atoms with Gasteiger partial charge in [0, 0.05) is 6.54 Å². The number of rotatable bonds is 32. The van der Waals surface area contributed by atoms with Gasteiger partial charge in [-0.05, 0) is 83.7 Å². The number of carboxylic acids is 3. The molecule has 0 radical (unpaired) electrons. The SMILES string of the molecule is CC(C)C[C@H](NC(=O)[C@H](CC(=O)O)NC(=O)[C@H](CCCCN)NC(=O)[C@H](CCCCN)NC(=O)[C@@H](N)CC(=O)O)C(=O)N[C@H](C(=O)N[C@@H](CCCN=C(N)N)C(=O)O)[C@@H](C)O. The maximum atomic E-state index is 13.7. The first-order valence-corrected chi connectivity index (χ1v) is 19.9. The van der Waals surface area contributed by atoms with E-state index in [1.807, 2.05) is 0 Å². The fraction of sp³-hybridized carbons (Fsp3) is 0.722. The zero-order chi connectivity index (χ0) is 46.8. The summed E-state index contributed by atoms with van der Waals surface area (Å²) >= 11 is 0. The number of nitrogens with zero attached hydrogens (tertiary/aromatic N) is 1. The van der Waals surface area contributed by atoms with Crippen molar-refractivity contribution in [3.63, 3.8) is 0 Å². The second-order valence-corrected chi connectivity index (χ2v) is 14.8. The minimum Gasteiger partial charge on any atom is -0.481 e. The summed E-state index contributed by atoms with van der Waals surface area (Å²) in [5.41, 5.74) is 27.4. The molecule has 0 spiro atoms. The fourth-order valence-corrected chi connectivity index (χ4v) is 5.67. The van der Waals surface area contributed by atoms with Crippen molar-refractivity contribution in [1.82, 2.24) is 31.9 Å². The Morgan fingerprint density at radius 3 is 1.41 bits per heavy atom. The van der Waals surface area contributed by atoms with Crippen molar-refractivity contribution in [2.75, 3.05) is 19.6 Å². The van der Waals surface area contributed by atoms with Gasteiger partial charge in [0.1, 0.15) is 36.3 Å². The van der Waals surface area contributed by atoms with Crippen LogP contribution < -0.4 is 60.6 Å². The number of carboxylic acid groups (broad SMARTS) is 3. The molecule has 0 aliphatic heterocycles. The summed E-state index contributed by atoms with van der Waals surface area (Å²) in [7, 11) is 0. The topological polar surface area (TPSA) is 449 Å². The molecule has 61 heavy (non-hydrogen) atoms. The molecular formula is C36H66N12O13. The molecule has 0 aromatic heterocycles. The smallest absolute Gasteiger partial charge is 0.326 e. The predicted octanol–water partition coefficient (Wildman–Crippen LogP) is -5.01. The Morgan fingerprint density at radius 2 is 0.967 bits per heavy atom. The third kappa shape index (κ3) is 23.6. The van der Waals surface area contributed by atoms with E-state index in [0.717, 1.165) is 6.92 Å². The van der Waals surface area contributed by atoms with Crippen LogP contribution in [0.15, 0.2) is 4.99 Å². The van der Waals surface area contributed by atoms with Gasteiger partial charge < -0.3 is 81.0 Å². The van der Waals surface area contributed by atoms with Crippen LogP contribution in [0, 0.1) is 5.92 Å². The normalized spacial score (nSPS) is 15.0. The number of amides is 6. The number of aliphatic hydroxyl groups excluding tert-OH is 1. The molecule has 0 rings (SSSR count). The lowest BCUT2D eigenvalue weighted by Crippen LogP contribution is -2.61. The van der Waals surface area contributed by atoms with Crippen LogP contribution in [0.4, 0.5) is 0 Å². The highest BCUT2D eigenvalue weighted by atomic mass is 16.4. The Hall–Kier alpha value is -5.66. The zero-order valence-corrected chi connectivity index (χ0v) is 34.9. The van der Waals surface area contributed by atoms with Crippen LogP contribution in [0.25, 0.3) is 0 Å². The number of guanidine groups is 1. The number of aliphatic imine (C=N–C) groups is 1. The van der Waals surface area contributed by atoms with E-state index in [2.05, 4.69) is 36.9 Å². The Labute approximate surface area is 353 Å². The molecule has 25 heteroatoms. The van der Waals surface area contributed by atoms with E-state index in [1.165, 1.54) is 0 Å². The lowest BCUT2D eigenvalue weighted by atomic mass is 10.0. The Morgan fingerprint density at radius 1 is 0.541 bits per heavy atom. The molecule has 6 amide bonds. The number of nitrogens with one attached hydrogen (secondary N) is 6. The highest BCUT2D eigenvalue weighted by Gasteiger charge is 2.35. The van der Waals surface area contributed by atoms with Gasteiger partial charge in [-0.15, -0.1) is 0 Å². The van der Waals surface area contributed by atoms with Crippen molar-refractivity contribution >= 4 is 59.3 Å². The van der Waals surface area contributed by atoms with Crippen LogP contribution in [0.3, 0.4) is 0 Å². The number of carbonyl (C=O) groups excluding carboxylic acids is 6. The Kier molecular flexibility index (Phi) is 26.8. The van der Waals surface area contributed by atoms with Crippen LogP contribution in [0.1, 0.15) is 91.4 Å². The first-order valence-electron chi connectivity index (χ1n) is 19.9. The van der Waals surface area contributed by atoms with Crippen molar-refractivity contribution in [3.05, 3.63) is 0 Å². The maximum Gasteiger partial charge on any atom is 0.326 e. The predicted molar refractivity (Wildman–Crippen MR) is 219 cm³/mol. The third-order valence-electron chi connectivity index (χ3n) is 8.87. The van der Waals surface area contributed by atoms with Crippen molar-refractivity contribution in [3.8, 4) is 0 Å². The maximum absolute atomic E-state index is 13.7. The number of hydrogen-bond donors (Lipinski definition) is 15. The van der Waals surface area contributed by atoms with Crippen molar-refractivity contribution in [2.24, 2.45) is 39.6 Å². The van der Waals surface area contributed by atoms with Gasteiger partial charge in [-0.2, -0.15) is 0 Å². The number of aliphatic carboxylic acids is 3. The van der Waals surface area contributed by atoms with Crippen LogP contribution in [0.5, 0.6) is 0 Å². The molecule has 0 aliphatic rings. The molecule has 0 aromatic rings. The molecule has 348 valence electrons. The van der Waals surface area contributed by atoms with Gasteiger partial charge >= 0.3 is 17.9 Å².